The van der Waals surface area contributed by atoms with E-state index in [0.29, 0.717) is 6.79 Å². The summed E-state index contributed by atoms with van der Waals surface area (Å²) < 4.78 is 11.8. The summed E-state index contributed by atoms with van der Waals surface area (Å²) in [6.07, 6.45) is 1.04. The fourth-order valence-electron chi connectivity index (χ4n) is 2.43. The molecule has 0 spiro atoms. The van der Waals surface area contributed by atoms with E-state index in [-0.39, 0.29) is 0 Å². The highest BCUT2D eigenvalue weighted by Gasteiger charge is 2.15. The van der Waals surface area contributed by atoms with Gasteiger partial charge in [0.15, 0.2) is 11.5 Å². The largest absolute Gasteiger partial charge is 0.454 e. The smallest absolute Gasteiger partial charge is 0.231 e. The molecule has 110 valence electrons. The van der Waals surface area contributed by atoms with E-state index >= 15 is 0 Å². The molecule has 1 N–H and O–H groups in total. The van der Waals surface area contributed by atoms with Crippen LogP contribution in [0.25, 0.3) is 0 Å². The lowest BCUT2D eigenvalue weighted by molar-refractivity contribution is 0.174. The second-order valence-corrected chi connectivity index (χ2v) is 6.00. The van der Waals surface area contributed by atoms with Crippen molar-refractivity contribution in [2.45, 2.75) is 19.9 Å². The monoisotopic (exact) mass is 347 g/mol. The topological polar surface area (TPSA) is 30.5 Å². The Morgan fingerprint density at radius 3 is 2.67 bits per heavy atom. The summed E-state index contributed by atoms with van der Waals surface area (Å²) in [6.45, 7) is 4.23. The third-order valence-electron chi connectivity index (χ3n) is 3.69. The van der Waals surface area contributed by atoms with Crippen molar-refractivity contribution in [3.8, 4) is 11.5 Å². The maximum atomic E-state index is 5.41. The number of fused-ring (bicyclic) bond motifs is 1. The van der Waals surface area contributed by atoms with Gasteiger partial charge in [0, 0.05) is 11.0 Å². The fourth-order valence-corrected chi connectivity index (χ4v) is 2.89. The molecule has 0 aliphatic carbocycles. The van der Waals surface area contributed by atoms with Crippen molar-refractivity contribution in [2.75, 3.05) is 13.3 Å². The molecular formula is C17H18BrNO2. The van der Waals surface area contributed by atoms with Gasteiger partial charge in [-0.2, -0.15) is 0 Å². The van der Waals surface area contributed by atoms with Crippen LogP contribution >= 0.6 is 15.9 Å². The zero-order valence-corrected chi connectivity index (χ0v) is 13.6. The Kier molecular flexibility index (Phi) is 4.46. The van der Waals surface area contributed by atoms with Gasteiger partial charge < -0.3 is 14.8 Å². The highest BCUT2D eigenvalue weighted by atomic mass is 79.9. The standard InChI is InChI=1S/C17H18BrNO2/c1-12-4-2-3-5-13(12)6-7-19-10-14-8-16-17(9-15(14)18)21-11-20-16/h2-5,8-9,19H,6-7,10-11H2,1H3. The zero-order valence-electron chi connectivity index (χ0n) is 12.0. The summed E-state index contributed by atoms with van der Waals surface area (Å²) in [7, 11) is 0. The van der Waals surface area contributed by atoms with Crippen LogP contribution in [0, 0.1) is 6.92 Å². The van der Waals surface area contributed by atoms with E-state index < -0.39 is 0 Å². The Morgan fingerprint density at radius 2 is 1.86 bits per heavy atom. The lowest BCUT2D eigenvalue weighted by Gasteiger charge is -2.09. The number of hydrogen-bond acceptors (Lipinski definition) is 3. The number of nitrogens with one attached hydrogen (secondary N) is 1. The van der Waals surface area contributed by atoms with Crippen LogP contribution in [0.3, 0.4) is 0 Å². The molecule has 0 unspecified atom stereocenters. The van der Waals surface area contributed by atoms with Crippen LogP contribution in [0.5, 0.6) is 11.5 Å². The minimum Gasteiger partial charge on any atom is -0.454 e. The van der Waals surface area contributed by atoms with Gasteiger partial charge in [-0.3, -0.25) is 0 Å². The van der Waals surface area contributed by atoms with Crippen molar-refractivity contribution in [3.05, 3.63) is 57.6 Å². The molecule has 3 rings (SSSR count). The molecule has 0 fully saturated rings. The van der Waals surface area contributed by atoms with E-state index in [1.54, 1.807) is 0 Å². The zero-order chi connectivity index (χ0) is 14.7. The predicted molar refractivity (Wildman–Crippen MR) is 86.9 cm³/mol. The van der Waals surface area contributed by atoms with Crippen molar-refractivity contribution >= 4 is 15.9 Å². The van der Waals surface area contributed by atoms with Gasteiger partial charge in [0.1, 0.15) is 0 Å². The van der Waals surface area contributed by atoms with Gasteiger partial charge in [0.25, 0.3) is 0 Å². The molecule has 0 bridgehead atoms. The number of benzene rings is 2. The third-order valence-corrected chi connectivity index (χ3v) is 4.43. The second kappa shape index (κ2) is 6.50. The third kappa shape index (κ3) is 3.39. The predicted octanol–water partition coefficient (Wildman–Crippen LogP) is 3.82. The molecule has 0 aromatic heterocycles. The Morgan fingerprint density at radius 1 is 1.10 bits per heavy atom. The molecule has 0 saturated heterocycles. The first-order valence-corrected chi connectivity index (χ1v) is 7.86. The van der Waals surface area contributed by atoms with Crippen LogP contribution in [-0.4, -0.2) is 13.3 Å². The van der Waals surface area contributed by atoms with Crippen LogP contribution in [0.4, 0.5) is 0 Å². The molecule has 2 aromatic carbocycles. The molecule has 1 aliphatic heterocycles. The summed E-state index contributed by atoms with van der Waals surface area (Å²) in [5.74, 6) is 1.64. The van der Waals surface area contributed by atoms with Gasteiger partial charge in [-0.1, -0.05) is 40.2 Å². The number of hydrogen-bond donors (Lipinski definition) is 1. The van der Waals surface area contributed by atoms with Crippen LogP contribution in [0.15, 0.2) is 40.9 Å². The Labute approximate surface area is 133 Å². The normalized spacial score (nSPS) is 12.7. The molecule has 1 heterocycles. The average molecular weight is 348 g/mol. The maximum Gasteiger partial charge on any atom is 0.231 e. The Bertz CT molecular complexity index is 643. The van der Waals surface area contributed by atoms with Crippen molar-refractivity contribution in [1.29, 1.82) is 0 Å². The van der Waals surface area contributed by atoms with E-state index in [1.165, 1.54) is 16.7 Å². The van der Waals surface area contributed by atoms with Crippen molar-refractivity contribution in [1.82, 2.24) is 5.32 Å². The highest BCUT2D eigenvalue weighted by Crippen LogP contribution is 2.36. The van der Waals surface area contributed by atoms with Crippen LogP contribution < -0.4 is 14.8 Å². The van der Waals surface area contributed by atoms with Crippen molar-refractivity contribution < 1.29 is 9.47 Å². The van der Waals surface area contributed by atoms with E-state index in [1.807, 2.05) is 12.1 Å². The van der Waals surface area contributed by atoms with Crippen molar-refractivity contribution in [3.63, 3.8) is 0 Å². The Balaban J connectivity index is 1.55. The quantitative estimate of drug-likeness (QED) is 0.834. The molecule has 0 atom stereocenters. The molecule has 4 heteroatoms. The summed E-state index contributed by atoms with van der Waals surface area (Å²) in [5.41, 5.74) is 3.93. The van der Waals surface area contributed by atoms with E-state index in [4.69, 9.17) is 9.47 Å². The molecule has 2 aromatic rings. The molecular weight excluding hydrogens is 330 g/mol. The van der Waals surface area contributed by atoms with E-state index in [2.05, 4.69) is 52.4 Å². The number of aryl methyl sites for hydroxylation is 1. The lowest BCUT2D eigenvalue weighted by atomic mass is 10.1. The summed E-state index contributed by atoms with van der Waals surface area (Å²) in [4.78, 5) is 0. The summed E-state index contributed by atoms with van der Waals surface area (Å²) >= 11 is 3.58. The fraction of sp³-hybridized carbons (Fsp3) is 0.294. The summed E-state index contributed by atoms with van der Waals surface area (Å²) in [6, 6.07) is 12.5. The molecule has 0 radical (unpaired) electrons. The highest BCUT2D eigenvalue weighted by molar-refractivity contribution is 9.10. The Hall–Kier alpha value is -1.52. The van der Waals surface area contributed by atoms with Crippen molar-refractivity contribution in [2.24, 2.45) is 0 Å². The minimum absolute atomic E-state index is 0.311. The molecule has 0 amide bonds. The first kappa shape index (κ1) is 14.4. The first-order chi connectivity index (χ1) is 10.2. The van der Waals surface area contributed by atoms with Gasteiger partial charge in [0.2, 0.25) is 6.79 Å². The molecule has 1 aliphatic rings. The van der Waals surface area contributed by atoms with Gasteiger partial charge in [-0.25, -0.2) is 0 Å². The minimum atomic E-state index is 0.311. The summed E-state index contributed by atoms with van der Waals surface area (Å²) in [5, 5.41) is 3.48. The van der Waals surface area contributed by atoms with E-state index in [9.17, 15) is 0 Å². The molecule has 0 saturated carbocycles. The van der Waals surface area contributed by atoms with Crippen LogP contribution in [0.2, 0.25) is 0 Å². The van der Waals surface area contributed by atoms with Crippen LogP contribution in [0.1, 0.15) is 16.7 Å². The van der Waals surface area contributed by atoms with Gasteiger partial charge in [0.05, 0.1) is 0 Å². The first-order valence-electron chi connectivity index (χ1n) is 7.07. The van der Waals surface area contributed by atoms with Gasteiger partial charge >= 0.3 is 0 Å². The molecule has 21 heavy (non-hydrogen) atoms. The van der Waals surface area contributed by atoms with Gasteiger partial charge in [-0.05, 0) is 48.7 Å². The number of halogens is 1. The van der Waals surface area contributed by atoms with Gasteiger partial charge in [-0.15, -0.1) is 0 Å². The number of ether oxygens (including phenoxy) is 2. The average Bonchev–Trinajstić information content (AvgIpc) is 2.92. The lowest BCUT2D eigenvalue weighted by Crippen LogP contribution is -2.17. The van der Waals surface area contributed by atoms with E-state index in [0.717, 1.165) is 35.5 Å². The second-order valence-electron chi connectivity index (χ2n) is 5.15. The maximum absolute atomic E-state index is 5.41. The number of rotatable bonds is 5. The SMILES string of the molecule is Cc1ccccc1CCNCc1cc2c(cc1Br)OCO2. The van der Waals surface area contributed by atoms with Crippen LogP contribution in [-0.2, 0) is 13.0 Å². The molecule has 3 nitrogen and oxygen atoms in total.